The number of nitrogens with one attached hydrogen (secondary N) is 1. The number of carbonyl (C=O) groups is 1. The molecule has 0 radical (unpaired) electrons. The minimum Gasteiger partial charge on any atom is -0.469 e. The summed E-state index contributed by atoms with van der Waals surface area (Å²) in [5.74, 6) is 1.54. The van der Waals surface area contributed by atoms with Crippen molar-refractivity contribution < 1.29 is 9.53 Å². The van der Waals surface area contributed by atoms with Crippen molar-refractivity contribution in [2.45, 2.75) is 46.0 Å². The maximum Gasteiger partial charge on any atom is 0.308 e. The number of methoxy groups -OCH3 is 1. The third kappa shape index (κ3) is 6.49. The molecule has 0 aromatic heterocycles. The second kappa shape index (κ2) is 10.6. The van der Waals surface area contributed by atoms with Crippen LogP contribution in [0.2, 0.25) is 0 Å². The summed E-state index contributed by atoms with van der Waals surface area (Å²) in [7, 11) is 1.48. The molecule has 0 spiro atoms. The predicted octanol–water partition coefficient (Wildman–Crippen LogP) is 1.96. The molecule has 1 unspecified atom stereocenters. The number of hydrogen-bond donors (Lipinski definition) is 1. The number of esters is 1. The van der Waals surface area contributed by atoms with Gasteiger partial charge in [-0.25, -0.2) is 0 Å². The van der Waals surface area contributed by atoms with Crippen molar-refractivity contribution in [2.24, 2.45) is 16.8 Å². The van der Waals surface area contributed by atoms with Crippen LogP contribution in [0.15, 0.2) is 4.99 Å². The monoisotopic (exact) mass is 352 g/mol. The molecule has 25 heavy (non-hydrogen) atoms. The SMILES string of the molecule is CCNC(=NCC(C)CN1CCCCC1)N1CCC(C(=O)OC)CC1. The summed E-state index contributed by atoms with van der Waals surface area (Å²) in [5.41, 5.74) is 0. The highest BCUT2D eigenvalue weighted by Crippen LogP contribution is 2.18. The van der Waals surface area contributed by atoms with Crippen molar-refractivity contribution >= 4 is 11.9 Å². The van der Waals surface area contributed by atoms with E-state index in [1.54, 1.807) is 0 Å². The average molecular weight is 353 g/mol. The zero-order valence-corrected chi connectivity index (χ0v) is 16.3. The topological polar surface area (TPSA) is 57.2 Å². The Morgan fingerprint density at radius 3 is 2.48 bits per heavy atom. The molecule has 2 heterocycles. The lowest BCUT2D eigenvalue weighted by Gasteiger charge is -2.33. The number of hydrogen-bond acceptors (Lipinski definition) is 4. The van der Waals surface area contributed by atoms with Crippen molar-refractivity contribution in [3.05, 3.63) is 0 Å². The van der Waals surface area contributed by atoms with Gasteiger partial charge in [-0.1, -0.05) is 13.3 Å². The zero-order chi connectivity index (χ0) is 18.1. The Balaban J connectivity index is 1.82. The number of guanidine groups is 1. The molecular weight excluding hydrogens is 316 g/mol. The first-order valence-corrected chi connectivity index (χ1v) is 9.97. The summed E-state index contributed by atoms with van der Waals surface area (Å²) in [6.45, 7) is 11.5. The predicted molar refractivity (Wildman–Crippen MR) is 102 cm³/mol. The highest BCUT2D eigenvalue weighted by atomic mass is 16.5. The van der Waals surface area contributed by atoms with Crippen LogP contribution in [0.5, 0.6) is 0 Å². The summed E-state index contributed by atoms with van der Waals surface area (Å²) in [5, 5.41) is 3.42. The van der Waals surface area contributed by atoms with Crippen LogP contribution in [0.25, 0.3) is 0 Å². The summed E-state index contributed by atoms with van der Waals surface area (Å²) in [4.78, 5) is 21.4. The number of nitrogens with zero attached hydrogens (tertiary/aromatic N) is 3. The van der Waals surface area contributed by atoms with Crippen LogP contribution < -0.4 is 5.32 Å². The summed E-state index contributed by atoms with van der Waals surface area (Å²) >= 11 is 0. The Morgan fingerprint density at radius 1 is 1.20 bits per heavy atom. The molecular formula is C19H36N4O2. The van der Waals surface area contributed by atoms with E-state index in [4.69, 9.17) is 9.73 Å². The minimum absolute atomic E-state index is 0.0437. The molecule has 2 fully saturated rings. The fourth-order valence-electron chi connectivity index (χ4n) is 3.80. The van der Waals surface area contributed by atoms with Gasteiger partial charge >= 0.3 is 5.97 Å². The van der Waals surface area contributed by atoms with Gasteiger partial charge in [-0.3, -0.25) is 9.79 Å². The van der Waals surface area contributed by atoms with E-state index in [9.17, 15) is 4.79 Å². The number of rotatable bonds is 6. The summed E-state index contributed by atoms with van der Waals surface area (Å²) in [6.07, 6.45) is 5.76. The highest BCUT2D eigenvalue weighted by molar-refractivity contribution is 5.80. The Bertz CT molecular complexity index is 427. The molecule has 0 aromatic carbocycles. The van der Waals surface area contributed by atoms with Crippen molar-refractivity contribution in [1.29, 1.82) is 0 Å². The van der Waals surface area contributed by atoms with Crippen LogP contribution in [0, 0.1) is 11.8 Å². The molecule has 0 saturated carbocycles. The van der Waals surface area contributed by atoms with E-state index in [1.807, 2.05) is 0 Å². The van der Waals surface area contributed by atoms with Crippen LogP contribution >= 0.6 is 0 Å². The lowest BCUT2D eigenvalue weighted by molar-refractivity contribution is -0.146. The van der Waals surface area contributed by atoms with Gasteiger partial charge in [0.05, 0.1) is 13.0 Å². The first kappa shape index (κ1) is 20.0. The fraction of sp³-hybridized carbons (Fsp3) is 0.895. The van der Waals surface area contributed by atoms with Crippen molar-refractivity contribution in [1.82, 2.24) is 15.1 Å². The number of piperidine rings is 2. The third-order valence-corrected chi connectivity index (χ3v) is 5.24. The van der Waals surface area contributed by atoms with Gasteiger partial charge in [0, 0.05) is 32.7 Å². The number of carbonyl (C=O) groups excluding carboxylic acids is 1. The van der Waals surface area contributed by atoms with E-state index < -0.39 is 0 Å². The number of aliphatic imine (C=N–C) groups is 1. The molecule has 0 aromatic rings. The minimum atomic E-state index is -0.0725. The van der Waals surface area contributed by atoms with Gasteiger partial charge in [0.1, 0.15) is 0 Å². The highest BCUT2D eigenvalue weighted by Gasteiger charge is 2.27. The quantitative estimate of drug-likeness (QED) is 0.450. The molecule has 1 atom stereocenters. The average Bonchev–Trinajstić information content (AvgIpc) is 2.65. The Kier molecular flexibility index (Phi) is 8.52. The molecule has 0 aliphatic carbocycles. The van der Waals surface area contributed by atoms with E-state index in [0.717, 1.165) is 51.5 Å². The Labute approximate surface area is 153 Å². The van der Waals surface area contributed by atoms with E-state index in [0.29, 0.717) is 5.92 Å². The first-order chi connectivity index (χ1) is 12.1. The molecule has 0 amide bonds. The van der Waals surface area contributed by atoms with Gasteiger partial charge < -0.3 is 19.9 Å². The van der Waals surface area contributed by atoms with Gasteiger partial charge in [0.15, 0.2) is 5.96 Å². The van der Waals surface area contributed by atoms with Crippen molar-refractivity contribution in [3.63, 3.8) is 0 Å². The molecule has 2 aliphatic rings. The number of ether oxygens (including phenoxy) is 1. The maximum absolute atomic E-state index is 11.7. The maximum atomic E-state index is 11.7. The summed E-state index contributed by atoms with van der Waals surface area (Å²) in [6, 6.07) is 0. The molecule has 2 aliphatic heterocycles. The molecule has 0 bridgehead atoms. The van der Waals surface area contributed by atoms with Crippen LogP contribution in [-0.4, -0.2) is 74.7 Å². The van der Waals surface area contributed by atoms with Crippen molar-refractivity contribution in [2.75, 3.05) is 52.9 Å². The van der Waals surface area contributed by atoms with Gasteiger partial charge in [-0.2, -0.15) is 0 Å². The normalized spacial score (nSPS) is 21.9. The van der Waals surface area contributed by atoms with Crippen LogP contribution in [0.1, 0.15) is 46.0 Å². The first-order valence-electron chi connectivity index (χ1n) is 9.97. The van der Waals surface area contributed by atoms with Gasteiger partial charge in [-0.15, -0.1) is 0 Å². The molecule has 2 rings (SSSR count). The lowest BCUT2D eigenvalue weighted by atomic mass is 9.97. The second-order valence-corrected chi connectivity index (χ2v) is 7.45. The van der Waals surface area contributed by atoms with Crippen LogP contribution in [-0.2, 0) is 9.53 Å². The zero-order valence-electron chi connectivity index (χ0n) is 16.3. The smallest absolute Gasteiger partial charge is 0.308 e. The molecule has 6 nitrogen and oxygen atoms in total. The van der Waals surface area contributed by atoms with Crippen molar-refractivity contribution in [3.8, 4) is 0 Å². The Hall–Kier alpha value is -1.30. The van der Waals surface area contributed by atoms with Gasteiger partial charge in [0.25, 0.3) is 0 Å². The lowest BCUT2D eigenvalue weighted by Crippen LogP contribution is -2.47. The van der Waals surface area contributed by atoms with Crippen LogP contribution in [0.3, 0.4) is 0 Å². The molecule has 1 N–H and O–H groups in total. The summed E-state index contributed by atoms with van der Waals surface area (Å²) < 4.78 is 4.88. The fourth-order valence-corrected chi connectivity index (χ4v) is 3.80. The van der Waals surface area contributed by atoms with Gasteiger partial charge in [0.2, 0.25) is 0 Å². The van der Waals surface area contributed by atoms with Crippen LogP contribution in [0.4, 0.5) is 0 Å². The van der Waals surface area contributed by atoms with E-state index >= 15 is 0 Å². The van der Waals surface area contributed by atoms with E-state index in [1.165, 1.54) is 39.5 Å². The second-order valence-electron chi connectivity index (χ2n) is 7.45. The van der Waals surface area contributed by atoms with E-state index in [2.05, 4.69) is 29.0 Å². The largest absolute Gasteiger partial charge is 0.469 e. The van der Waals surface area contributed by atoms with E-state index in [-0.39, 0.29) is 11.9 Å². The molecule has 6 heteroatoms. The molecule has 144 valence electrons. The number of likely N-dealkylation sites (tertiary alicyclic amines) is 2. The van der Waals surface area contributed by atoms with Gasteiger partial charge in [-0.05, 0) is 51.6 Å². The third-order valence-electron chi connectivity index (χ3n) is 5.24. The molecule has 2 saturated heterocycles. The standard InChI is InChI=1S/C19H36N4O2/c1-4-20-19(23-12-8-17(9-13-23)18(24)25-3)21-14-16(2)15-22-10-6-5-7-11-22/h16-17H,4-15H2,1-3H3,(H,20,21). The Morgan fingerprint density at radius 2 is 1.88 bits per heavy atom.